The number of nitrogens with zero attached hydrogens (tertiary/aromatic N) is 4. The van der Waals surface area contributed by atoms with E-state index in [9.17, 15) is 9.59 Å². The second-order valence-corrected chi connectivity index (χ2v) is 9.49. The quantitative estimate of drug-likeness (QED) is 0.566. The van der Waals surface area contributed by atoms with Crippen molar-refractivity contribution in [3.8, 4) is 21.8 Å². The SMILES string of the molecule is O=C(CN1CCOCC1)N1CCN(C(=O)c2sc(-c3ccccc3)nc2-c2ccccc2)CC1. The fourth-order valence-electron chi connectivity index (χ4n) is 4.31. The molecular weight excluding hydrogens is 448 g/mol. The molecule has 0 unspecified atom stereocenters. The number of ether oxygens (including phenoxy) is 1. The van der Waals surface area contributed by atoms with E-state index in [-0.39, 0.29) is 11.8 Å². The van der Waals surface area contributed by atoms with Gasteiger partial charge in [0.1, 0.15) is 9.88 Å². The van der Waals surface area contributed by atoms with Crippen molar-refractivity contribution in [3.05, 3.63) is 65.5 Å². The number of carbonyl (C=O) groups excluding carboxylic acids is 2. The second-order valence-electron chi connectivity index (χ2n) is 8.49. The van der Waals surface area contributed by atoms with Crippen molar-refractivity contribution < 1.29 is 14.3 Å². The van der Waals surface area contributed by atoms with E-state index in [0.29, 0.717) is 50.8 Å². The normalized spacial score (nSPS) is 17.1. The standard InChI is InChI=1S/C26H28N4O3S/c31-22(19-28-15-17-33-18-16-28)29-11-13-30(14-12-29)26(32)24-23(20-7-3-1-4-8-20)27-25(34-24)21-9-5-2-6-10-21/h1-10H,11-19H2. The van der Waals surface area contributed by atoms with Crippen LogP contribution in [0.4, 0.5) is 0 Å². The highest BCUT2D eigenvalue weighted by Gasteiger charge is 2.29. The van der Waals surface area contributed by atoms with Gasteiger partial charge in [-0.25, -0.2) is 4.98 Å². The molecule has 5 rings (SSSR count). The van der Waals surface area contributed by atoms with Gasteiger partial charge in [0.25, 0.3) is 5.91 Å². The number of hydrogen-bond acceptors (Lipinski definition) is 6. The van der Waals surface area contributed by atoms with Crippen molar-refractivity contribution in [2.75, 3.05) is 59.0 Å². The van der Waals surface area contributed by atoms with Crippen molar-refractivity contribution in [2.24, 2.45) is 0 Å². The first-order valence-electron chi connectivity index (χ1n) is 11.7. The number of morpholine rings is 1. The number of aromatic nitrogens is 1. The van der Waals surface area contributed by atoms with Crippen LogP contribution in [0.2, 0.25) is 0 Å². The molecule has 8 heteroatoms. The molecule has 2 amide bonds. The minimum absolute atomic E-state index is 0.0150. The molecule has 34 heavy (non-hydrogen) atoms. The van der Waals surface area contributed by atoms with E-state index in [1.165, 1.54) is 11.3 Å². The number of benzene rings is 2. The number of amides is 2. The van der Waals surface area contributed by atoms with E-state index in [2.05, 4.69) is 4.90 Å². The van der Waals surface area contributed by atoms with Gasteiger partial charge in [-0.1, -0.05) is 60.7 Å². The van der Waals surface area contributed by atoms with Gasteiger partial charge >= 0.3 is 0 Å². The van der Waals surface area contributed by atoms with Crippen LogP contribution in [0, 0.1) is 0 Å². The number of rotatable bonds is 5. The van der Waals surface area contributed by atoms with Crippen molar-refractivity contribution in [1.82, 2.24) is 19.7 Å². The molecule has 1 aromatic heterocycles. The Kier molecular flexibility index (Phi) is 6.99. The lowest BCUT2D eigenvalue weighted by atomic mass is 10.1. The van der Waals surface area contributed by atoms with Crippen LogP contribution in [0.25, 0.3) is 21.8 Å². The van der Waals surface area contributed by atoms with Gasteiger partial charge in [-0.05, 0) is 0 Å². The third-order valence-corrected chi connectivity index (χ3v) is 7.36. The molecular formula is C26H28N4O3S. The zero-order chi connectivity index (χ0) is 23.3. The van der Waals surface area contributed by atoms with Crippen molar-refractivity contribution in [2.45, 2.75) is 0 Å². The van der Waals surface area contributed by atoms with Crippen LogP contribution in [0.5, 0.6) is 0 Å². The van der Waals surface area contributed by atoms with Gasteiger partial charge in [-0.3, -0.25) is 14.5 Å². The Morgan fingerprint density at radius 3 is 2.03 bits per heavy atom. The Morgan fingerprint density at radius 2 is 1.38 bits per heavy atom. The zero-order valence-corrected chi connectivity index (χ0v) is 19.9. The molecule has 2 saturated heterocycles. The topological polar surface area (TPSA) is 66.0 Å². The van der Waals surface area contributed by atoms with Crippen molar-refractivity contribution >= 4 is 23.2 Å². The molecule has 2 fully saturated rings. The lowest BCUT2D eigenvalue weighted by molar-refractivity contribution is -0.134. The van der Waals surface area contributed by atoms with Crippen molar-refractivity contribution in [3.63, 3.8) is 0 Å². The van der Waals surface area contributed by atoms with Crippen molar-refractivity contribution in [1.29, 1.82) is 0 Å². The van der Waals surface area contributed by atoms with Crippen LogP contribution in [-0.2, 0) is 9.53 Å². The van der Waals surface area contributed by atoms with Gasteiger partial charge in [-0.15, -0.1) is 11.3 Å². The molecule has 0 radical (unpaired) electrons. The molecule has 2 aliphatic heterocycles. The van der Waals surface area contributed by atoms with Crippen LogP contribution >= 0.6 is 11.3 Å². The minimum Gasteiger partial charge on any atom is -0.379 e. The van der Waals surface area contributed by atoms with Crippen LogP contribution < -0.4 is 0 Å². The lowest BCUT2D eigenvalue weighted by Crippen LogP contribution is -2.53. The summed E-state index contributed by atoms with van der Waals surface area (Å²) < 4.78 is 5.37. The average Bonchev–Trinajstić information content (AvgIpc) is 3.36. The van der Waals surface area contributed by atoms with E-state index in [1.807, 2.05) is 70.5 Å². The molecule has 2 aromatic carbocycles. The monoisotopic (exact) mass is 476 g/mol. The smallest absolute Gasteiger partial charge is 0.266 e. The third-order valence-electron chi connectivity index (χ3n) is 6.27. The van der Waals surface area contributed by atoms with Crippen LogP contribution in [-0.4, -0.2) is 90.5 Å². The Morgan fingerprint density at radius 1 is 0.794 bits per heavy atom. The molecule has 0 saturated carbocycles. The van der Waals surface area contributed by atoms with Gasteiger partial charge in [0.15, 0.2) is 0 Å². The first-order chi connectivity index (χ1) is 16.7. The minimum atomic E-state index is -0.0150. The van der Waals surface area contributed by atoms with Gasteiger partial charge in [0, 0.05) is 50.4 Å². The number of carbonyl (C=O) groups is 2. The summed E-state index contributed by atoms with van der Waals surface area (Å²) in [7, 11) is 0. The number of thiazole rings is 1. The lowest BCUT2D eigenvalue weighted by Gasteiger charge is -2.36. The maximum Gasteiger partial charge on any atom is 0.266 e. The molecule has 7 nitrogen and oxygen atoms in total. The summed E-state index contributed by atoms with van der Waals surface area (Å²) in [6, 6.07) is 19.8. The Bertz CT molecular complexity index is 1120. The first kappa shape index (κ1) is 22.7. The Labute approximate surface area is 203 Å². The fraction of sp³-hybridized carbons (Fsp3) is 0.346. The van der Waals surface area contributed by atoms with Crippen LogP contribution in [0.15, 0.2) is 60.7 Å². The molecule has 0 N–H and O–H groups in total. The van der Waals surface area contributed by atoms with Crippen LogP contribution in [0.1, 0.15) is 9.67 Å². The highest BCUT2D eigenvalue weighted by Crippen LogP contribution is 2.34. The Balaban J connectivity index is 1.30. The van der Waals surface area contributed by atoms with Crippen LogP contribution in [0.3, 0.4) is 0 Å². The Hall–Kier alpha value is -3.07. The van der Waals surface area contributed by atoms with Gasteiger partial charge in [-0.2, -0.15) is 0 Å². The van der Waals surface area contributed by atoms with E-state index in [1.54, 1.807) is 0 Å². The molecule has 0 aliphatic carbocycles. The summed E-state index contributed by atoms with van der Waals surface area (Å²) >= 11 is 1.44. The molecule has 176 valence electrons. The summed E-state index contributed by atoms with van der Waals surface area (Å²) in [5.74, 6) is 0.113. The van der Waals surface area contributed by atoms with Gasteiger partial charge < -0.3 is 14.5 Å². The summed E-state index contributed by atoms with van der Waals surface area (Å²) in [6.07, 6.45) is 0. The highest BCUT2D eigenvalue weighted by atomic mass is 32.1. The molecule has 0 bridgehead atoms. The zero-order valence-electron chi connectivity index (χ0n) is 19.1. The van der Waals surface area contributed by atoms with Gasteiger partial charge in [0.05, 0.1) is 25.5 Å². The molecule has 3 aromatic rings. The predicted molar refractivity (Wildman–Crippen MR) is 133 cm³/mol. The predicted octanol–water partition coefficient (Wildman–Crippen LogP) is 3.09. The van der Waals surface area contributed by atoms with E-state index in [0.717, 1.165) is 34.9 Å². The maximum absolute atomic E-state index is 13.6. The number of hydrogen-bond donors (Lipinski definition) is 0. The maximum atomic E-state index is 13.6. The molecule has 0 spiro atoms. The molecule has 2 aliphatic rings. The van der Waals surface area contributed by atoms with E-state index >= 15 is 0 Å². The summed E-state index contributed by atoms with van der Waals surface area (Å²) in [4.78, 5) is 37.7. The molecule has 0 atom stereocenters. The first-order valence-corrected chi connectivity index (χ1v) is 12.5. The highest BCUT2D eigenvalue weighted by molar-refractivity contribution is 7.17. The van der Waals surface area contributed by atoms with E-state index < -0.39 is 0 Å². The molecule has 3 heterocycles. The largest absolute Gasteiger partial charge is 0.379 e. The average molecular weight is 477 g/mol. The van der Waals surface area contributed by atoms with Gasteiger partial charge in [0.2, 0.25) is 5.91 Å². The van der Waals surface area contributed by atoms with E-state index in [4.69, 9.17) is 9.72 Å². The summed E-state index contributed by atoms with van der Waals surface area (Å²) in [5.41, 5.74) is 2.66. The fourth-order valence-corrected chi connectivity index (χ4v) is 5.37. The number of piperazine rings is 1. The second kappa shape index (κ2) is 10.5. The summed E-state index contributed by atoms with van der Waals surface area (Å²) in [6.45, 7) is 5.53. The summed E-state index contributed by atoms with van der Waals surface area (Å²) in [5, 5.41) is 0.835. The third kappa shape index (κ3) is 5.04.